The van der Waals surface area contributed by atoms with Crippen molar-refractivity contribution in [1.82, 2.24) is 0 Å². The van der Waals surface area contributed by atoms with Gasteiger partial charge in [0.25, 0.3) is 0 Å². The summed E-state index contributed by atoms with van der Waals surface area (Å²) in [5, 5.41) is 2.85. The minimum absolute atomic E-state index is 0.131. The van der Waals surface area contributed by atoms with Gasteiger partial charge in [-0.1, -0.05) is 36.4 Å². The van der Waals surface area contributed by atoms with E-state index in [1.807, 2.05) is 55.5 Å². The van der Waals surface area contributed by atoms with Gasteiger partial charge in [-0.05, 0) is 30.2 Å². The lowest BCUT2D eigenvalue weighted by atomic mass is 10.0. The second kappa shape index (κ2) is 6.90. The molecular formula is C17H20N2O2. The summed E-state index contributed by atoms with van der Waals surface area (Å²) >= 11 is 0. The first-order chi connectivity index (χ1) is 10.1. The minimum atomic E-state index is -0.317. The summed E-state index contributed by atoms with van der Waals surface area (Å²) in [6.07, 6.45) is 0.223. The summed E-state index contributed by atoms with van der Waals surface area (Å²) in [5.74, 6) is 0.519. The molecule has 21 heavy (non-hydrogen) atoms. The molecule has 0 radical (unpaired) electrons. The molecule has 4 nitrogen and oxygen atoms in total. The van der Waals surface area contributed by atoms with Gasteiger partial charge in [-0.2, -0.15) is 0 Å². The predicted octanol–water partition coefficient (Wildman–Crippen LogP) is 3.03. The Kier molecular flexibility index (Phi) is 4.95. The predicted molar refractivity (Wildman–Crippen MR) is 84.3 cm³/mol. The first-order valence-electron chi connectivity index (χ1n) is 6.85. The zero-order valence-corrected chi connectivity index (χ0v) is 12.3. The van der Waals surface area contributed by atoms with Crippen LogP contribution in [0.2, 0.25) is 0 Å². The molecule has 110 valence electrons. The minimum Gasteiger partial charge on any atom is -0.495 e. The van der Waals surface area contributed by atoms with E-state index in [1.54, 1.807) is 7.11 Å². The van der Waals surface area contributed by atoms with E-state index in [2.05, 4.69) is 5.32 Å². The summed E-state index contributed by atoms with van der Waals surface area (Å²) in [7, 11) is 1.58. The van der Waals surface area contributed by atoms with Gasteiger partial charge in [0.15, 0.2) is 0 Å². The number of rotatable bonds is 5. The summed E-state index contributed by atoms with van der Waals surface area (Å²) in [6.45, 7) is 1.97. The average molecular weight is 284 g/mol. The van der Waals surface area contributed by atoms with Crippen LogP contribution in [-0.2, 0) is 4.79 Å². The van der Waals surface area contributed by atoms with E-state index in [0.29, 0.717) is 11.4 Å². The number of anilines is 1. The lowest BCUT2D eigenvalue weighted by Gasteiger charge is -2.14. The highest BCUT2D eigenvalue weighted by Gasteiger charge is 2.13. The maximum absolute atomic E-state index is 12.1. The molecule has 0 aromatic heterocycles. The fourth-order valence-electron chi connectivity index (χ4n) is 2.12. The summed E-state index contributed by atoms with van der Waals surface area (Å²) in [6, 6.07) is 14.9. The van der Waals surface area contributed by atoms with Crippen LogP contribution in [0.3, 0.4) is 0 Å². The molecule has 2 aromatic rings. The van der Waals surface area contributed by atoms with Crippen LogP contribution < -0.4 is 15.8 Å². The third kappa shape index (κ3) is 4.07. The van der Waals surface area contributed by atoms with Crippen LogP contribution in [-0.4, -0.2) is 13.0 Å². The van der Waals surface area contributed by atoms with Gasteiger partial charge < -0.3 is 15.8 Å². The monoisotopic (exact) mass is 284 g/mol. The number of nitrogens with one attached hydrogen (secondary N) is 1. The molecule has 0 bridgehead atoms. The lowest BCUT2D eigenvalue weighted by Crippen LogP contribution is -2.20. The van der Waals surface area contributed by atoms with Gasteiger partial charge in [-0.15, -0.1) is 0 Å². The normalized spacial score (nSPS) is 11.8. The third-order valence-corrected chi connectivity index (χ3v) is 3.26. The molecule has 2 rings (SSSR count). The molecule has 0 aliphatic carbocycles. The Morgan fingerprint density at radius 2 is 1.95 bits per heavy atom. The maximum Gasteiger partial charge on any atom is 0.226 e. The van der Waals surface area contributed by atoms with Gasteiger partial charge in [0.1, 0.15) is 5.75 Å². The van der Waals surface area contributed by atoms with E-state index in [-0.39, 0.29) is 18.4 Å². The molecule has 0 fully saturated rings. The molecular weight excluding hydrogens is 264 g/mol. The number of aryl methyl sites for hydroxylation is 1. The van der Waals surface area contributed by atoms with Crippen molar-refractivity contribution in [2.45, 2.75) is 19.4 Å². The first-order valence-corrected chi connectivity index (χ1v) is 6.85. The van der Waals surface area contributed by atoms with Crippen LogP contribution in [0.4, 0.5) is 5.69 Å². The molecule has 3 N–H and O–H groups in total. The average Bonchev–Trinajstić information content (AvgIpc) is 2.49. The summed E-state index contributed by atoms with van der Waals surface area (Å²) < 4.78 is 5.27. The molecule has 2 aromatic carbocycles. The van der Waals surface area contributed by atoms with E-state index < -0.39 is 0 Å². The van der Waals surface area contributed by atoms with E-state index in [1.165, 1.54) is 0 Å². The number of carbonyl (C=O) groups is 1. The standard InChI is InChI=1S/C17H20N2O2/c1-12-8-9-15(16(10-12)21-2)19-17(20)11-14(18)13-6-4-3-5-7-13/h3-10,14H,11,18H2,1-2H3,(H,19,20). The van der Waals surface area contributed by atoms with E-state index in [9.17, 15) is 4.79 Å². The van der Waals surface area contributed by atoms with Crippen molar-refractivity contribution in [3.8, 4) is 5.75 Å². The van der Waals surface area contributed by atoms with Crippen LogP contribution in [0.25, 0.3) is 0 Å². The number of benzene rings is 2. The number of amides is 1. The third-order valence-electron chi connectivity index (χ3n) is 3.26. The molecule has 1 atom stereocenters. The Labute approximate surface area is 124 Å². The van der Waals surface area contributed by atoms with Crippen LogP contribution in [0, 0.1) is 6.92 Å². The van der Waals surface area contributed by atoms with Crippen molar-refractivity contribution in [2.24, 2.45) is 5.73 Å². The second-order valence-electron chi connectivity index (χ2n) is 4.97. The highest BCUT2D eigenvalue weighted by Crippen LogP contribution is 2.26. The molecule has 0 aliphatic heterocycles. The van der Waals surface area contributed by atoms with Crippen molar-refractivity contribution in [3.05, 3.63) is 59.7 Å². The Morgan fingerprint density at radius 3 is 2.62 bits per heavy atom. The van der Waals surface area contributed by atoms with Crippen molar-refractivity contribution in [2.75, 3.05) is 12.4 Å². The van der Waals surface area contributed by atoms with Gasteiger partial charge in [0.05, 0.1) is 12.8 Å². The van der Waals surface area contributed by atoms with E-state index in [4.69, 9.17) is 10.5 Å². The molecule has 0 saturated carbocycles. The lowest BCUT2D eigenvalue weighted by molar-refractivity contribution is -0.116. The van der Waals surface area contributed by atoms with Crippen LogP contribution in [0.5, 0.6) is 5.75 Å². The Morgan fingerprint density at radius 1 is 1.24 bits per heavy atom. The highest BCUT2D eigenvalue weighted by atomic mass is 16.5. The molecule has 4 heteroatoms. The van der Waals surface area contributed by atoms with Crippen LogP contribution in [0.15, 0.2) is 48.5 Å². The van der Waals surface area contributed by atoms with Crippen molar-refractivity contribution < 1.29 is 9.53 Å². The fourth-order valence-corrected chi connectivity index (χ4v) is 2.12. The SMILES string of the molecule is COc1cc(C)ccc1NC(=O)CC(N)c1ccccc1. The van der Waals surface area contributed by atoms with Crippen molar-refractivity contribution in [3.63, 3.8) is 0 Å². The van der Waals surface area contributed by atoms with Gasteiger partial charge in [-0.25, -0.2) is 0 Å². The Hall–Kier alpha value is -2.33. The fraction of sp³-hybridized carbons (Fsp3) is 0.235. The van der Waals surface area contributed by atoms with Crippen molar-refractivity contribution >= 4 is 11.6 Å². The molecule has 1 unspecified atom stereocenters. The van der Waals surface area contributed by atoms with Crippen molar-refractivity contribution in [1.29, 1.82) is 0 Å². The topological polar surface area (TPSA) is 64.3 Å². The second-order valence-corrected chi connectivity index (χ2v) is 4.97. The van der Waals surface area contributed by atoms with E-state index in [0.717, 1.165) is 11.1 Å². The van der Waals surface area contributed by atoms with Gasteiger partial charge in [0, 0.05) is 12.5 Å². The van der Waals surface area contributed by atoms with Gasteiger partial charge in [0.2, 0.25) is 5.91 Å². The molecule has 0 heterocycles. The zero-order chi connectivity index (χ0) is 15.2. The quantitative estimate of drug-likeness (QED) is 0.887. The Balaban J connectivity index is 2.02. The van der Waals surface area contributed by atoms with Crippen LogP contribution >= 0.6 is 0 Å². The van der Waals surface area contributed by atoms with E-state index >= 15 is 0 Å². The molecule has 1 amide bonds. The Bertz CT molecular complexity index is 611. The first kappa shape index (κ1) is 15.1. The smallest absolute Gasteiger partial charge is 0.226 e. The summed E-state index contributed by atoms with van der Waals surface area (Å²) in [4.78, 5) is 12.1. The van der Waals surface area contributed by atoms with Crippen LogP contribution in [0.1, 0.15) is 23.6 Å². The maximum atomic E-state index is 12.1. The number of hydrogen-bond acceptors (Lipinski definition) is 3. The van der Waals surface area contributed by atoms with Gasteiger partial charge in [-0.3, -0.25) is 4.79 Å². The van der Waals surface area contributed by atoms with Gasteiger partial charge >= 0.3 is 0 Å². The number of ether oxygens (including phenoxy) is 1. The largest absolute Gasteiger partial charge is 0.495 e. The molecule has 0 aliphatic rings. The number of nitrogens with two attached hydrogens (primary N) is 1. The number of methoxy groups -OCH3 is 1. The molecule has 0 spiro atoms. The zero-order valence-electron chi connectivity index (χ0n) is 12.3. The summed E-state index contributed by atoms with van der Waals surface area (Å²) in [5.41, 5.74) is 8.74. The number of hydrogen-bond donors (Lipinski definition) is 2. The molecule has 0 saturated heterocycles. The number of carbonyl (C=O) groups excluding carboxylic acids is 1. The highest BCUT2D eigenvalue weighted by molar-refractivity contribution is 5.92.